The molecule has 0 radical (unpaired) electrons. The van der Waals surface area contributed by atoms with E-state index in [-0.39, 0.29) is 17.7 Å². The second-order valence-electron chi connectivity index (χ2n) is 5.05. The third-order valence-corrected chi connectivity index (χ3v) is 3.64. The first kappa shape index (κ1) is 12.8. The largest absolute Gasteiger partial charge is 0.493 e. The van der Waals surface area contributed by atoms with Crippen LogP contribution in [-0.2, 0) is 0 Å². The van der Waals surface area contributed by atoms with Crippen LogP contribution in [0.3, 0.4) is 0 Å². The van der Waals surface area contributed by atoms with Crippen LogP contribution < -0.4 is 15.0 Å². The number of para-hydroxylation sites is 1. The van der Waals surface area contributed by atoms with Crippen LogP contribution in [0.5, 0.6) is 11.8 Å². The number of aromatic nitrogens is 3. The van der Waals surface area contributed by atoms with Gasteiger partial charge in [0.05, 0.1) is 23.7 Å². The van der Waals surface area contributed by atoms with E-state index >= 15 is 0 Å². The molecular weight excluding hydrogens is 282 g/mol. The average Bonchev–Trinajstić information content (AvgIpc) is 2.55. The van der Waals surface area contributed by atoms with Gasteiger partial charge >= 0.3 is 0 Å². The molecule has 0 amide bonds. The Morgan fingerprint density at radius 2 is 2.18 bits per heavy atom. The molecule has 22 heavy (non-hydrogen) atoms. The fraction of sp³-hybridized carbons (Fsp3) is 0.188. The zero-order chi connectivity index (χ0) is 14.9. The third kappa shape index (κ3) is 2.18. The summed E-state index contributed by atoms with van der Waals surface area (Å²) in [6, 6.07) is 9.56. The molecule has 2 aromatic heterocycles. The summed E-state index contributed by atoms with van der Waals surface area (Å²) in [6.07, 6.45) is 3.62. The van der Waals surface area contributed by atoms with Gasteiger partial charge in [-0.1, -0.05) is 18.2 Å². The van der Waals surface area contributed by atoms with E-state index < -0.39 is 0 Å². The lowest BCUT2D eigenvalue weighted by atomic mass is 10.0. The van der Waals surface area contributed by atoms with Crippen molar-refractivity contribution in [3.8, 4) is 11.8 Å². The molecule has 6 heteroatoms. The van der Waals surface area contributed by atoms with Gasteiger partial charge < -0.3 is 9.47 Å². The highest BCUT2D eigenvalue weighted by Gasteiger charge is 2.23. The predicted molar refractivity (Wildman–Crippen MR) is 80.1 cm³/mol. The highest BCUT2D eigenvalue weighted by Crippen LogP contribution is 2.34. The Morgan fingerprint density at radius 1 is 1.27 bits per heavy atom. The lowest BCUT2D eigenvalue weighted by Gasteiger charge is -2.25. The fourth-order valence-corrected chi connectivity index (χ4v) is 2.59. The second-order valence-corrected chi connectivity index (χ2v) is 5.05. The minimum Gasteiger partial charge on any atom is -0.493 e. The lowest BCUT2D eigenvalue weighted by molar-refractivity contribution is 0.126. The zero-order valence-electron chi connectivity index (χ0n) is 11.7. The van der Waals surface area contributed by atoms with Crippen LogP contribution >= 0.6 is 0 Å². The molecular formula is C16H13N3O3. The number of pyridine rings is 1. The van der Waals surface area contributed by atoms with Gasteiger partial charge in [0.1, 0.15) is 11.9 Å². The van der Waals surface area contributed by atoms with E-state index in [0.717, 1.165) is 11.3 Å². The van der Waals surface area contributed by atoms with Crippen LogP contribution in [0.25, 0.3) is 10.9 Å². The predicted octanol–water partition coefficient (Wildman–Crippen LogP) is 2.22. The van der Waals surface area contributed by atoms with E-state index in [0.29, 0.717) is 23.9 Å². The molecule has 1 unspecified atom stereocenters. The fourth-order valence-electron chi connectivity index (χ4n) is 2.59. The van der Waals surface area contributed by atoms with Gasteiger partial charge in [-0.25, -0.2) is 0 Å². The average molecular weight is 295 g/mol. The van der Waals surface area contributed by atoms with Crippen molar-refractivity contribution >= 4 is 10.9 Å². The van der Waals surface area contributed by atoms with Gasteiger partial charge in [-0.3, -0.25) is 14.8 Å². The van der Waals surface area contributed by atoms with Crippen LogP contribution in [-0.4, -0.2) is 21.6 Å². The number of benzene rings is 1. The van der Waals surface area contributed by atoms with Crippen molar-refractivity contribution in [3.63, 3.8) is 0 Å². The van der Waals surface area contributed by atoms with Gasteiger partial charge in [0, 0.05) is 18.2 Å². The Hall–Kier alpha value is -2.89. The molecule has 3 heterocycles. The monoisotopic (exact) mass is 295 g/mol. The first-order valence-electron chi connectivity index (χ1n) is 7.04. The molecule has 0 saturated heterocycles. The van der Waals surface area contributed by atoms with E-state index in [1.807, 2.05) is 24.3 Å². The lowest BCUT2D eigenvalue weighted by Crippen LogP contribution is -2.20. The standard InChI is InChI=1S/C16H13N3O3/c20-15-10-5-7-17-9-12(10)18-16(19-15)22-14-6-8-21-13-4-2-1-3-11(13)14/h1-5,7,9,14H,6,8H2,(H,18,19,20). The van der Waals surface area contributed by atoms with Crippen molar-refractivity contribution in [3.05, 3.63) is 58.6 Å². The Kier molecular flexibility index (Phi) is 3.00. The Morgan fingerprint density at radius 3 is 3.14 bits per heavy atom. The molecule has 0 fully saturated rings. The number of hydrogen-bond acceptors (Lipinski definition) is 5. The summed E-state index contributed by atoms with van der Waals surface area (Å²) < 4.78 is 11.5. The van der Waals surface area contributed by atoms with Crippen molar-refractivity contribution < 1.29 is 9.47 Å². The summed E-state index contributed by atoms with van der Waals surface area (Å²) >= 11 is 0. The zero-order valence-corrected chi connectivity index (χ0v) is 11.7. The molecule has 1 atom stereocenters. The van der Waals surface area contributed by atoms with Crippen LogP contribution in [0.2, 0.25) is 0 Å². The second kappa shape index (κ2) is 5.14. The molecule has 1 aromatic carbocycles. The number of aromatic amines is 1. The third-order valence-electron chi connectivity index (χ3n) is 3.64. The van der Waals surface area contributed by atoms with Crippen molar-refractivity contribution in [2.45, 2.75) is 12.5 Å². The summed E-state index contributed by atoms with van der Waals surface area (Å²) in [7, 11) is 0. The highest BCUT2D eigenvalue weighted by atomic mass is 16.5. The van der Waals surface area contributed by atoms with Crippen molar-refractivity contribution in [1.82, 2.24) is 15.0 Å². The normalized spacial score (nSPS) is 16.8. The summed E-state index contributed by atoms with van der Waals surface area (Å²) in [6.45, 7) is 0.570. The summed E-state index contributed by atoms with van der Waals surface area (Å²) in [5.74, 6) is 0.809. The number of hydrogen-bond donors (Lipinski definition) is 1. The van der Waals surface area contributed by atoms with E-state index in [2.05, 4.69) is 15.0 Å². The molecule has 0 aliphatic carbocycles. The first-order valence-corrected chi connectivity index (χ1v) is 7.04. The van der Waals surface area contributed by atoms with E-state index in [1.165, 1.54) is 0 Å². The van der Waals surface area contributed by atoms with Gasteiger partial charge in [-0.15, -0.1) is 0 Å². The maximum absolute atomic E-state index is 12.1. The Bertz CT molecular complexity index is 891. The summed E-state index contributed by atoms with van der Waals surface area (Å²) in [5.41, 5.74) is 1.24. The number of fused-ring (bicyclic) bond motifs is 2. The molecule has 3 aromatic rings. The van der Waals surface area contributed by atoms with Gasteiger partial charge in [-0.2, -0.15) is 4.98 Å². The number of rotatable bonds is 2. The van der Waals surface area contributed by atoms with Gasteiger partial charge in [0.15, 0.2) is 0 Å². The molecule has 0 bridgehead atoms. The topological polar surface area (TPSA) is 77.1 Å². The van der Waals surface area contributed by atoms with Crippen molar-refractivity contribution in [2.75, 3.05) is 6.61 Å². The van der Waals surface area contributed by atoms with Crippen LogP contribution in [0, 0.1) is 0 Å². The summed E-state index contributed by atoms with van der Waals surface area (Å²) in [5, 5.41) is 0.495. The number of nitrogens with zero attached hydrogens (tertiary/aromatic N) is 2. The Labute approximate surface area is 125 Å². The Balaban J connectivity index is 1.72. The summed E-state index contributed by atoms with van der Waals surface area (Å²) in [4.78, 5) is 23.0. The number of H-pyrrole nitrogens is 1. The first-order chi connectivity index (χ1) is 10.8. The molecule has 6 nitrogen and oxygen atoms in total. The molecule has 0 spiro atoms. The maximum atomic E-state index is 12.1. The smallest absolute Gasteiger partial charge is 0.297 e. The van der Waals surface area contributed by atoms with Crippen LogP contribution in [0.15, 0.2) is 47.5 Å². The highest BCUT2D eigenvalue weighted by molar-refractivity contribution is 5.76. The van der Waals surface area contributed by atoms with Gasteiger partial charge in [-0.05, 0) is 12.1 Å². The number of ether oxygens (including phenoxy) is 2. The van der Waals surface area contributed by atoms with E-state index in [9.17, 15) is 4.79 Å². The van der Waals surface area contributed by atoms with Gasteiger partial charge in [0.2, 0.25) is 0 Å². The SMILES string of the molecule is O=c1[nH]c(OC2CCOc3ccccc32)nc2cnccc12. The number of nitrogens with one attached hydrogen (secondary N) is 1. The molecule has 0 saturated carbocycles. The maximum Gasteiger partial charge on any atom is 0.297 e. The van der Waals surface area contributed by atoms with Crippen molar-refractivity contribution in [2.24, 2.45) is 0 Å². The molecule has 110 valence electrons. The molecule has 1 aliphatic rings. The minimum atomic E-state index is -0.234. The minimum absolute atomic E-state index is 0.192. The van der Waals surface area contributed by atoms with Gasteiger partial charge in [0.25, 0.3) is 11.6 Å². The van der Waals surface area contributed by atoms with Crippen LogP contribution in [0.4, 0.5) is 0 Å². The van der Waals surface area contributed by atoms with Crippen molar-refractivity contribution in [1.29, 1.82) is 0 Å². The van der Waals surface area contributed by atoms with Crippen LogP contribution in [0.1, 0.15) is 18.1 Å². The molecule has 1 N–H and O–H groups in total. The molecule has 4 rings (SSSR count). The molecule has 1 aliphatic heterocycles. The van der Waals surface area contributed by atoms with E-state index in [4.69, 9.17) is 9.47 Å². The quantitative estimate of drug-likeness (QED) is 0.784. The van der Waals surface area contributed by atoms with E-state index in [1.54, 1.807) is 18.5 Å².